The quantitative estimate of drug-likeness (QED) is 0.586. The molecule has 0 spiro atoms. The third kappa shape index (κ3) is 3.16. The van der Waals surface area contributed by atoms with Gasteiger partial charge in [0.05, 0.1) is 35.7 Å². The largest absolute Gasteiger partial charge is 0.494 e. The number of carbonyl (C=O) groups excluding carboxylic acids is 1. The summed E-state index contributed by atoms with van der Waals surface area (Å²) >= 11 is 1.28. The number of methoxy groups -OCH3 is 1. The Morgan fingerprint density at radius 2 is 2.09 bits per heavy atom. The van der Waals surface area contributed by atoms with Crippen molar-refractivity contribution in [3.05, 3.63) is 75.0 Å². The molecule has 0 atom stereocenters. The monoisotopic (exact) mass is 461 g/mol. The number of rotatable bonds is 3. The summed E-state index contributed by atoms with van der Waals surface area (Å²) in [7, 11) is 1.50. The van der Waals surface area contributed by atoms with Gasteiger partial charge in [-0.3, -0.25) is 19.3 Å². The number of hydrogen-bond donors (Lipinski definition) is 1. The Kier molecular flexibility index (Phi) is 4.74. The topological polar surface area (TPSA) is 73.2 Å². The van der Waals surface area contributed by atoms with Crippen LogP contribution in [0.15, 0.2) is 46.5 Å². The van der Waals surface area contributed by atoms with Crippen molar-refractivity contribution in [3.8, 4) is 5.75 Å². The first-order valence-corrected chi connectivity index (χ1v) is 11.6. The highest BCUT2D eigenvalue weighted by molar-refractivity contribution is 7.97. The third-order valence-corrected chi connectivity index (χ3v) is 7.25. The van der Waals surface area contributed by atoms with Crippen LogP contribution in [0.25, 0.3) is 22.6 Å². The molecule has 3 heterocycles. The molecule has 1 saturated carbocycles. The van der Waals surface area contributed by atoms with Gasteiger partial charge < -0.3 is 9.30 Å². The van der Waals surface area contributed by atoms with Crippen LogP contribution in [0.3, 0.4) is 0 Å². The Balaban J connectivity index is 1.66. The summed E-state index contributed by atoms with van der Waals surface area (Å²) in [6.07, 6.45) is 11.8. The minimum atomic E-state index is -0.548. The zero-order valence-corrected chi connectivity index (χ0v) is 18.7. The summed E-state index contributed by atoms with van der Waals surface area (Å²) in [5.74, 6) is -0.502. The van der Waals surface area contributed by atoms with Gasteiger partial charge >= 0.3 is 0 Å². The van der Waals surface area contributed by atoms with Gasteiger partial charge in [0.2, 0.25) is 5.43 Å². The highest BCUT2D eigenvalue weighted by atomic mass is 32.2. The van der Waals surface area contributed by atoms with Crippen LogP contribution in [0, 0.1) is 5.82 Å². The van der Waals surface area contributed by atoms with Crippen molar-refractivity contribution in [1.82, 2.24) is 14.3 Å². The number of halogens is 1. The molecule has 2 aliphatic carbocycles. The second-order valence-electron chi connectivity index (χ2n) is 8.39. The highest BCUT2D eigenvalue weighted by Crippen LogP contribution is 2.46. The summed E-state index contributed by atoms with van der Waals surface area (Å²) in [5, 5.41) is 0.770. The molecule has 1 aromatic carbocycles. The van der Waals surface area contributed by atoms with Crippen molar-refractivity contribution >= 4 is 40.3 Å². The third-order valence-electron chi connectivity index (χ3n) is 6.37. The molecule has 0 radical (unpaired) electrons. The van der Waals surface area contributed by atoms with Gasteiger partial charge in [-0.05, 0) is 60.0 Å². The number of carbonyl (C=O) groups is 1. The molecule has 0 unspecified atom stereocenters. The Morgan fingerprint density at radius 3 is 2.88 bits per heavy atom. The van der Waals surface area contributed by atoms with E-state index in [9.17, 15) is 9.59 Å². The number of aromatic nitrogens is 2. The van der Waals surface area contributed by atoms with E-state index in [4.69, 9.17) is 4.74 Å². The molecular formula is C25H20FN3O3S. The molecular weight excluding hydrogens is 441 g/mol. The molecule has 6 nitrogen and oxygen atoms in total. The minimum Gasteiger partial charge on any atom is -0.494 e. The van der Waals surface area contributed by atoms with Crippen LogP contribution in [-0.4, -0.2) is 29.0 Å². The molecule has 3 aromatic rings. The second kappa shape index (κ2) is 7.67. The smallest absolute Gasteiger partial charge is 0.201 e. The van der Waals surface area contributed by atoms with Crippen LogP contribution in [0.5, 0.6) is 5.75 Å². The number of nitrogens with zero attached hydrogens (tertiary/aromatic N) is 2. The van der Waals surface area contributed by atoms with Crippen LogP contribution in [0.4, 0.5) is 4.39 Å². The van der Waals surface area contributed by atoms with Crippen LogP contribution in [0.2, 0.25) is 0 Å². The maximum absolute atomic E-state index is 15.7. The predicted octanol–water partition coefficient (Wildman–Crippen LogP) is 4.33. The number of pyridine rings is 2. The van der Waals surface area contributed by atoms with E-state index in [0.717, 1.165) is 24.0 Å². The van der Waals surface area contributed by atoms with Crippen molar-refractivity contribution in [2.24, 2.45) is 0 Å². The number of fused-ring (bicyclic) bond motifs is 3. The standard InChI is InChI=1S/C25H20FN3O3S/c1-32-24-20(14-3-2-13-8-9-27-11-15(13)5-4-14)18(26)10-17-22(24)29(16-6-7-16)25-21(23(17)31)19(30)12-28-33-25/h3-5,8-11,16,28H,2,6-7,12H2,1H3. The molecule has 166 valence electrons. The summed E-state index contributed by atoms with van der Waals surface area (Å²) < 4.78 is 26.5. The Morgan fingerprint density at radius 1 is 1.24 bits per heavy atom. The maximum atomic E-state index is 15.7. The number of ketones is 1. The zero-order chi connectivity index (χ0) is 22.7. The fourth-order valence-electron chi connectivity index (χ4n) is 4.66. The average molecular weight is 462 g/mol. The summed E-state index contributed by atoms with van der Waals surface area (Å²) in [5.41, 5.74) is 3.32. The lowest BCUT2D eigenvalue weighted by atomic mass is 9.98. The van der Waals surface area contributed by atoms with Crippen LogP contribution in [-0.2, 0) is 6.42 Å². The lowest BCUT2D eigenvalue weighted by Crippen LogP contribution is -2.32. The molecule has 8 heteroatoms. The van der Waals surface area contributed by atoms with Gasteiger partial charge in [0.25, 0.3) is 0 Å². The molecule has 0 amide bonds. The van der Waals surface area contributed by atoms with Gasteiger partial charge in [-0.15, -0.1) is 0 Å². The first kappa shape index (κ1) is 20.4. The van der Waals surface area contributed by atoms with Gasteiger partial charge in [0, 0.05) is 18.4 Å². The molecule has 1 N–H and O–H groups in total. The molecule has 6 rings (SSSR count). The lowest BCUT2D eigenvalue weighted by Gasteiger charge is -2.24. The SMILES string of the molecule is COc1c(C2=CCc3ccncc3C=C2)c(F)cc2c(=O)c3c(n(C4CC4)c12)SNCC3=O. The molecule has 2 aromatic heterocycles. The van der Waals surface area contributed by atoms with E-state index in [-0.39, 0.29) is 29.3 Å². The molecule has 0 saturated heterocycles. The molecule has 0 bridgehead atoms. The van der Waals surface area contributed by atoms with E-state index < -0.39 is 11.2 Å². The normalized spacial score (nSPS) is 17.4. The number of Topliss-reactive ketones (excluding diaryl/α,β-unsaturated/α-hetero) is 1. The number of nitrogens with one attached hydrogen (secondary N) is 1. The van der Waals surface area contributed by atoms with E-state index in [0.29, 0.717) is 33.8 Å². The summed E-state index contributed by atoms with van der Waals surface area (Å²) in [6.45, 7) is 0.0773. The van der Waals surface area contributed by atoms with E-state index in [1.807, 2.05) is 28.9 Å². The van der Waals surface area contributed by atoms with E-state index in [1.165, 1.54) is 25.1 Å². The van der Waals surface area contributed by atoms with Gasteiger partial charge in [-0.2, -0.15) is 0 Å². The van der Waals surface area contributed by atoms with E-state index in [1.54, 1.807) is 12.4 Å². The fraction of sp³-hybridized carbons (Fsp3) is 0.240. The molecule has 3 aliphatic rings. The van der Waals surface area contributed by atoms with Crippen molar-refractivity contribution < 1.29 is 13.9 Å². The summed E-state index contributed by atoms with van der Waals surface area (Å²) in [4.78, 5) is 30.1. The first-order chi connectivity index (χ1) is 16.1. The van der Waals surface area contributed by atoms with Gasteiger partial charge in [0.1, 0.15) is 10.8 Å². The Labute approximate surface area is 193 Å². The Bertz CT molecular complexity index is 1470. The maximum Gasteiger partial charge on any atom is 0.201 e. The van der Waals surface area contributed by atoms with Crippen molar-refractivity contribution in [2.45, 2.75) is 30.3 Å². The molecule has 33 heavy (non-hydrogen) atoms. The van der Waals surface area contributed by atoms with Crippen molar-refractivity contribution in [1.29, 1.82) is 0 Å². The second-order valence-corrected chi connectivity index (χ2v) is 9.27. The number of allylic oxidation sites excluding steroid dienone is 3. The number of ether oxygens (including phenoxy) is 1. The highest BCUT2D eigenvalue weighted by Gasteiger charge is 2.35. The number of benzene rings is 1. The minimum absolute atomic E-state index is 0.0773. The number of hydrogen-bond acceptors (Lipinski definition) is 6. The van der Waals surface area contributed by atoms with Crippen LogP contribution in [0.1, 0.15) is 45.9 Å². The van der Waals surface area contributed by atoms with E-state index >= 15 is 4.39 Å². The summed E-state index contributed by atoms with van der Waals surface area (Å²) in [6, 6.07) is 3.36. The average Bonchev–Trinajstić information content (AvgIpc) is 3.66. The van der Waals surface area contributed by atoms with Gasteiger partial charge in [-0.1, -0.05) is 18.2 Å². The predicted molar refractivity (Wildman–Crippen MR) is 126 cm³/mol. The van der Waals surface area contributed by atoms with Crippen LogP contribution < -0.4 is 14.9 Å². The zero-order valence-electron chi connectivity index (χ0n) is 17.9. The lowest BCUT2D eigenvalue weighted by molar-refractivity contribution is 0.0990. The fourth-order valence-corrected chi connectivity index (χ4v) is 5.65. The molecule has 1 fully saturated rings. The molecule has 1 aliphatic heterocycles. The van der Waals surface area contributed by atoms with Gasteiger partial charge in [-0.25, -0.2) is 4.39 Å². The Hall–Kier alpha value is -3.23. The van der Waals surface area contributed by atoms with Gasteiger partial charge in [0.15, 0.2) is 11.5 Å². The van der Waals surface area contributed by atoms with Crippen molar-refractivity contribution in [3.63, 3.8) is 0 Å². The van der Waals surface area contributed by atoms with Crippen molar-refractivity contribution in [2.75, 3.05) is 13.7 Å². The first-order valence-electron chi connectivity index (χ1n) is 10.8. The van der Waals surface area contributed by atoms with E-state index in [2.05, 4.69) is 9.71 Å². The van der Waals surface area contributed by atoms with Crippen LogP contribution >= 0.6 is 11.9 Å².